The third-order valence-electron chi connectivity index (χ3n) is 10.1. The molecule has 0 aromatic heterocycles. The minimum atomic E-state index is -0.800. The van der Waals surface area contributed by atoms with Crippen LogP contribution in [0.3, 0.4) is 0 Å². The first-order chi connectivity index (χ1) is 29.5. The van der Waals surface area contributed by atoms with Crippen LogP contribution in [0.15, 0.2) is 85.1 Å². The molecule has 0 radical (unpaired) electrons. The first kappa shape index (κ1) is 56.6. The molecule has 1 atom stereocenters. The zero-order valence-corrected chi connectivity index (χ0v) is 38.9. The van der Waals surface area contributed by atoms with Crippen LogP contribution in [0.5, 0.6) is 0 Å². The van der Waals surface area contributed by atoms with Gasteiger partial charge in [-0.05, 0) is 89.9 Å². The number of carbonyl (C=O) groups excluding carboxylic acids is 3. The van der Waals surface area contributed by atoms with E-state index >= 15 is 0 Å². The molecule has 60 heavy (non-hydrogen) atoms. The van der Waals surface area contributed by atoms with E-state index in [1.807, 2.05) is 0 Å². The van der Waals surface area contributed by atoms with Gasteiger partial charge in [0.05, 0.1) is 0 Å². The number of ether oxygens (including phenoxy) is 3. The first-order valence-electron chi connectivity index (χ1n) is 24.6. The summed E-state index contributed by atoms with van der Waals surface area (Å²) in [6.45, 7) is 6.35. The van der Waals surface area contributed by atoms with E-state index in [9.17, 15) is 14.4 Å². The van der Waals surface area contributed by atoms with Crippen molar-refractivity contribution in [2.24, 2.45) is 0 Å². The number of carbonyl (C=O) groups is 3. The van der Waals surface area contributed by atoms with Crippen LogP contribution in [0.4, 0.5) is 0 Å². The maximum atomic E-state index is 12.8. The van der Waals surface area contributed by atoms with Crippen molar-refractivity contribution in [2.45, 2.75) is 226 Å². The first-order valence-corrected chi connectivity index (χ1v) is 24.6. The van der Waals surface area contributed by atoms with Gasteiger partial charge in [-0.15, -0.1) is 0 Å². The Kier molecular flexibility index (Phi) is 45.5. The lowest BCUT2D eigenvalue weighted by atomic mass is 10.0. The molecule has 0 aliphatic heterocycles. The number of allylic oxidation sites excluding steroid dienone is 14. The van der Waals surface area contributed by atoms with Crippen molar-refractivity contribution in [2.75, 3.05) is 13.2 Å². The summed E-state index contributed by atoms with van der Waals surface area (Å²) in [5.41, 5.74) is 0. The number of esters is 3. The molecule has 0 rings (SSSR count). The van der Waals surface area contributed by atoms with Gasteiger partial charge in [-0.2, -0.15) is 0 Å². The maximum Gasteiger partial charge on any atom is 0.306 e. The fourth-order valence-electron chi connectivity index (χ4n) is 6.50. The average Bonchev–Trinajstić information content (AvgIpc) is 3.24. The molecule has 0 amide bonds. The summed E-state index contributed by atoms with van der Waals surface area (Å²) in [5.74, 6) is -0.959. The van der Waals surface area contributed by atoms with Crippen LogP contribution in [-0.2, 0) is 28.6 Å². The van der Waals surface area contributed by atoms with Crippen LogP contribution < -0.4 is 0 Å². The topological polar surface area (TPSA) is 78.9 Å². The molecule has 6 heteroatoms. The Morgan fingerprint density at radius 3 is 1.05 bits per heavy atom. The lowest BCUT2D eigenvalue weighted by molar-refractivity contribution is -0.167. The number of hydrogen-bond acceptors (Lipinski definition) is 6. The van der Waals surface area contributed by atoms with E-state index in [2.05, 4.69) is 106 Å². The van der Waals surface area contributed by atoms with Gasteiger partial charge in [0.1, 0.15) is 13.2 Å². The molecule has 0 aromatic rings. The third kappa shape index (κ3) is 45.7. The van der Waals surface area contributed by atoms with Crippen molar-refractivity contribution in [3.05, 3.63) is 85.1 Å². The van der Waals surface area contributed by atoms with Crippen molar-refractivity contribution in [3.8, 4) is 0 Å². The van der Waals surface area contributed by atoms with Crippen LogP contribution >= 0.6 is 0 Å². The largest absolute Gasteiger partial charge is 0.462 e. The normalized spacial score (nSPS) is 12.8. The fraction of sp³-hybridized carbons (Fsp3) is 0.685. The van der Waals surface area contributed by atoms with Gasteiger partial charge >= 0.3 is 17.9 Å². The molecule has 0 saturated heterocycles. The molecule has 0 aliphatic carbocycles. The quantitative estimate of drug-likeness (QED) is 0.0263. The zero-order valence-electron chi connectivity index (χ0n) is 38.9. The van der Waals surface area contributed by atoms with E-state index < -0.39 is 6.10 Å². The Balaban J connectivity index is 4.49. The lowest BCUT2D eigenvalue weighted by Crippen LogP contribution is -2.30. The predicted octanol–water partition coefficient (Wildman–Crippen LogP) is 16.0. The van der Waals surface area contributed by atoms with Gasteiger partial charge in [0.15, 0.2) is 6.10 Å². The highest BCUT2D eigenvalue weighted by Crippen LogP contribution is 2.14. The van der Waals surface area contributed by atoms with E-state index in [-0.39, 0.29) is 31.1 Å². The van der Waals surface area contributed by atoms with E-state index in [1.54, 1.807) is 0 Å². The van der Waals surface area contributed by atoms with E-state index in [0.717, 1.165) is 122 Å². The molecule has 0 N–H and O–H groups in total. The minimum absolute atomic E-state index is 0.0961. The van der Waals surface area contributed by atoms with Crippen LogP contribution in [-0.4, -0.2) is 37.2 Å². The van der Waals surface area contributed by atoms with Crippen molar-refractivity contribution in [3.63, 3.8) is 0 Å². The highest BCUT2D eigenvalue weighted by molar-refractivity contribution is 5.71. The molecule has 0 fully saturated rings. The van der Waals surface area contributed by atoms with Crippen molar-refractivity contribution < 1.29 is 28.6 Å². The number of rotatable bonds is 43. The average molecular weight is 835 g/mol. The second-order valence-corrected chi connectivity index (χ2v) is 16.0. The minimum Gasteiger partial charge on any atom is -0.462 e. The molecular weight excluding hydrogens is 745 g/mol. The molecule has 0 saturated carbocycles. The maximum absolute atomic E-state index is 12.8. The van der Waals surface area contributed by atoms with Crippen LogP contribution in [0, 0.1) is 0 Å². The van der Waals surface area contributed by atoms with E-state index in [4.69, 9.17) is 14.2 Å². The monoisotopic (exact) mass is 835 g/mol. The molecular formula is C54H90O6. The summed E-state index contributed by atoms with van der Waals surface area (Å²) in [7, 11) is 0. The Morgan fingerprint density at radius 1 is 0.350 bits per heavy atom. The standard InChI is InChI=1S/C54H90O6/c1-4-7-10-13-16-19-22-25-27-29-32-35-38-41-44-47-53(56)59-50-51(49-58-52(55)46-43-40-37-34-31-24-21-18-15-12-9-6-3)60-54(57)48-45-42-39-36-33-30-28-26-23-20-17-14-11-8-5-2/h7-8,10-11,16-17,19-20,25-28,32,35,51H,4-6,9,12-15,18,21-24,29-31,33-34,36-50H2,1-3H3/b10-7-,11-8-,19-16-,20-17-,27-25-,28-26-,35-32-. The summed E-state index contributed by atoms with van der Waals surface area (Å²) in [5, 5.41) is 0. The smallest absolute Gasteiger partial charge is 0.306 e. The van der Waals surface area contributed by atoms with Gasteiger partial charge in [-0.1, -0.05) is 196 Å². The molecule has 6 nitrogen and oxygen atoms in total. The van der Waals surface area contributed by atoms with Gasteiger partial charge in [0, 0.05) is 19.3 Å². The fourth-order valence-corrected chi connectivity index (χ4v) is 6.50. The van der Waals surface area contributed by atoms with Crippen LogP contribution in [0.2, 0.25) is 0 Å². The van der Waals surface area contributed by atoms with Gasteiger partial charge in [0.25, 0.3) is 0 Å². The Labute approximate surface area is 369 Å². The van der Waals surface area contributed by atoms with E-state index in [0.29, 0.717) is 19.3 Å². The van der Waals surface area contributed by atoms with Crippen molar-refractivity contribution in [1.29, 1.82) is 0 Å². The summed E-state index contributed by atoms with van der Waals surface area (Å²) in [6, 6.07) is 0. The number of unbranched alkanes of at least 4 members (excludes halogenated alkanes) is 18. The molecule has 0 aromatic carbocycles. The second kappa shape index (κ2) is 48.3. The Hall–Kier alpha value is -3.41. The highest BCUT2D eigenvalue weighted by atomic mass is 16.6. The molecule has 0 bridgehead atoms. The van der Waals surface area contributed by atoms with Crippen molar-refractivity contribution in [1.82, 2.24) is 0 Å². The predicted molar refractivity (Wildman–Crippen MR) is 256 cm³/mol. The molecule has 1 unspecified atom stereocenters. The van der Waals surface area contributed by atoms with Crippen LogP contribution in [0.1, 0.15) is 220 Å². The van der Waals surface area contributed by atoms with Gasteiger partial charge < -0.3 is 14.2 Å². The summed E-state index contributed by atoms with van der Waals surface area (Å²) in [6.07, 6.45) is 61.3. The molecule has 0 spiro atoms. The summed E-state index contributed by atoms with van der Waals surface area (Å²) < 4.78 is 16.7. The second-order valence-electron chi connectivity index (χ2n) is 16.0. The van der Waals surface area contributed by atoms with Crippen LogP contribution in [0.25, 0.3) is 0 Å². The summed E-state index contributed by atoms with van der Waals surface area (Å²) in [4.78, 5) is 37.9. The van der Waals surface area contributed by atoms with Gasteiger partial charge in [-0.25, -0.2) is 0 Å². The lowest BCUT2D eigenvalue weighted by Gasteiger charge is -2.18. The Bertz CT molecular complexity index is 1190. The molecule has 0 heterocycles. The number of hydrogen-bond donors (Lipinski definition) is 0. The molecule has 0 aliphatic rings. The van der Waals surface area contributed by atoms with Gasteiger partial charge in [-0.3, -0.25) is 14.4 Å². The third-order valence-corrected chi connectivity index (χ3v) is 10.1. The highest BCUT2D eigenvalue weighted by Gasteiger charge is 2.19. The summed E-state index contributed by atoms with van der Waals surface area (Å²) >= 11 is 0. The Morgan fingerprint density at radius 2 is 0.650 bits per heavy atom. The zero-order chi connectivity index (χ0) is 43.7. The molecule has 342 valence electrons. The van der Waals surface area contributed by atoms with Gasteiger partial charge in [0.2, 0.25) is 0 Å². The van der Waals surface area contributed by atoms with Crippen molar-refractivity contribution >= 4 is 17.9 Å². The SMILES string of the molecule is CC/C=C\C/C=C\C/C=C\C/C=C\CCCCC(=O)OCC(COC(=O)CCCCCCCCCCCCCC)OC(=O)CCCCCCC/C=C\C/C=C\C/C=C\CC. The van der Waals surface area contributed by atoms with E-state index in [1.165, 1.54) is 57.8 Å².